The normalized spacial score (nSPS) is 13.2. The second kappa shape index (κ2) is 7.53. The number of nitrogens with two attached hydrogens (primary N) is 1. The van der Waals surface area contributed by atoms with Crippen molar-refractivity contribution in [2.45, 2.75) is 44.2 Å². The molecule has 0 saturated carbocycles. The molecule has 1 amide bonds. The van der Waals surface area contributed by atoms with Crippen LogP contribution in [-0.4, -0.2) is 26.9 Å². The van der Waals surface area contributed by atoms with Gasteiger partial charge in [0.2, 0.25) is 15.9 Å². The molecule has 118 valence electrons. The molecule has 0 radical (unpaired) electrons. The molecule has 6 nitrogen and oxygen atoms in total. The molecule has 1 atom stereocenters. The summed E-state index contributed by atoms with van der Waals surface area (Å²) in [5.41, 5.74) is 6.58. The predicted octanol–water partition coefficient (Wildman–Crippen LogP) is 0.899. The van der Waals surface area contributed by atoms with Gasteiger partial charge in [-0.1, -0.05) is 12.1 Å². The van der Waals surface area contributed by atoms with Crippen LogP contribution in [-0.2, 0) is 14.8 Å². The molecule has 0 bridgehead atoms. The number of nitrogens with one attached hydrogen (secondary N) is 2. The van der Waals surface area contributed by atoms with Gasteiger partial charge in [0.1, 0.15) is 0 Å². The number of hydrogen-bond acceptors (Lipinski definition) is 4. The van der Waals surface area contributed by atoms with Crippen molar-refractivity contribution in [1.29, 1.82) is 0 Å². The van der Waals surface area contributed by atoms with Gasteiger partial charge in [0.25, 0.3) is 0 Å². The summed E-state index contributed by atoms with van der Waals surface area (Å²) in [6, 6.07) is 6.29. The molecule has 4 N–H and O–H groups in total. The van der Waals surface area contributed by atoms with E-state index in [2.05, 4.69) is 10.0 Å². The molecule has 0 heterocycles. The summed E-state index contributed by atoms with van der Waals surface area (Å²) in [4.78, 5) is 11.6. The van der Waals surface area contributed by atoms with Crippen molar-refractivity contribution in [3.8, 4) is 0 Å². The van der Waals surface area contributed by atoms with Crippen molar-refractivity contribution in [3.63, 3.8) is 0 Å². The van der Waals surface area contributed by atoms with E-state index in [9.17, 15) is 13.2 Å². The summed E-state index contributed by atoms with van der Waals surface area (Å²) in [6.07, 6.45) is 0.106. The third kappa shape index (κ3) is 5.82. The highest BCUT2D eigenvalue weighted by Crippen LogP contribution is 2.14. The quantitative estimate of drug-likeness (QED) is 0.696. The van der Waals surface area contributed by atoms with E-state index in [-0.39, 0.29) is 35.9 Å². The Kier molecular flexibility index (Phi) is 6.32. The average molecular weight is 313 g/mol. The smallest absolute Gasteiger partial charge is 0.240 e. The first-order valence-corrected chi connectivity index (χ1v) is 8.35. The summed E-state index contributed by atoms with van der Waals surface area (Å²) >= 11 is 0. The van der Waals surface area contributed by atoms with Crippen molar-refractivity contribution in [1.82, 2.24) is 10.0 Å². The lowest BCUT2D eigenvalue weighted by molar-refractivity contribution is -0.121. The molecule has 21 heavy (non-hydrogen) atoms. The zero-order chi connectivity index (χ0) is 16.0. The molecular weight excluding hydrogens is 290 g/mol. The average Bonchev–Trinajstić information content (AvgIpc) is 2.37. The monoisotopic (exact) mass is 313 g/mol. The van der Waals surface area contributed by atoms with Crippen molar-refractivity contribution < 1.29 is 13.2 Å². The Labute approximate surface area is 126 Å². The Balaban J connectivity index is 2.59. The Bertz CT molecular complexity index is 566. The number of hydrogen-bond donors (Lipinski definition) is 3. The van der Waals surface area contributed by atoms with Crippen LogP contribution >= 0.6 is 0 Å². The summed E-state index contributed by atoms with van der Waals surface area (Å²) < 4.78 is 26.5. The summed E-state index contributed by atoms with van der Waals surface area (Å²) in [7, 11) is -3.60. The van der Waals surface area contributed by atoms with Crippen LogP contribution in [0.5, 0.6) is 0 Å². The summed E-state index contributed by atoms with van der Waals surface area (Å²) in [5, 5.41) is 2.70. The molecule has 0 spiro atoms. The van der Waals surface area contributed by atoms with Crippen LogP contribution in [0, 0.1) is 0 Å². The number of amides is 1. The number of benzene rings is 1. The van der Waals surface area contributed by atoms with Gasteiger partial charge in [0.05, 0.1) is 4.90 Å². The molecule has 1 aromatic rings. The molecule has 0 fully saturated rings. The van der Waals surface area contributed by atoms with Crippen LogP contribution in [0.1, 0.15) is 38.8 Å². The van der Waals surface area contributed by atoms with Gasteiger partial charge in [-0.3, -0.25) is 4.79 Å². The van der Waals surface area contributed by atoms with Crippen LogP contribution < -0.4 is 15.8 Å². The lowest BCUT2D eigenvalue weighted by Gasteiger charge is -2.10. The highest BCUT2D eigenvalue weighted by Gasteiger charge is 2.14. The first kappa shape index (κ1) is 17.6. The van der Waals surface area contributed by atoms with Gasteiger partial charge in [0.15, 0.2) is 0 Å². The Morgan fingerprint density at radius 2 is 1.76 bits per heavy atom. The van der Waals surface area contributed by atoms with E-state index < -0.39 is 10.0 Å². The van der Waals surface area contributed by atoms with Gasteiger partial charge >= 0.3 is 0 Å². The van der Waals surface area contributed by atoms with E-state index in [1.54, 1.807) is 12.1 Å². The largest absolute Gasteiger partial charge is 0.354 e. The van der Waals surface area contributed by atoms with E-state index in [1.165, 1.54) is 12.1 Å². The summed E-state index contributed by atoms with van der Waals surface area (Å²) in [6.45, 7) is 5.59. The topological polar surface area (TPSA) is 101 Å². The van der Waals surface area contributed by atoms with Crippen LogP contribution in [0.4, 0.5) is 0 Å². The lowest BCUT2D eigenvalue weighted by atomic mass is 10.1. The predicted molar refractivity (Wildman–Crippen MR) is 82.1 cm³/mol. The number of carbonyl (C=O) groups excluding carboxylic acids is 1. The third-order valence-corrected chi connectivity index (χ3v) is 4.29. The van der Waals surface area contributed by atoms with Crippen molar-refractivity contribution in [3.05, 3.63) is 29.8 Å². The molecule has 0 saturated heterocycles. The number of rotatable bonds is 7. The van der Waals surface area contributed by atoms with Gasteiger partial charge in [-0.25, -0.2) is 13.1 Å². The molecule has 1 rings (SSSR count). The van der Waals surface area contributed by atoms with Crippen molar-refractivity contribution >= 4 is 15.9 Å². The van der Waals surface area contributed by atoms with Gasteiger partial charge < -0.3 is 11.1 Å². The molecule has 0 aliphatic heterocycles. The van der Waals surface area contributed by atoms with Crippen molar-refractivity contribution in [2.24, 2.45) is 5.73 Å². The maximum atomic E-state index is 12.0. The minimum Gasteiger partial charge on any atom is -0.354 e. The standard InChI is InChI=1S/C14H23N3O3S/c1-10(2)17-14(18)8-9-16-21(19,20)13-6-4-12(5-7-13)11(3)15/h4-7,10-11,16H,8-9,15H2,1-3H3,(H,17,18). The number of carbonyl (C=O) groups is 1. The zero-order valence-corrected chi connectivity index (χ0v) is 13.4. The van der Waals surface area contributed by atoms with Crippen LogP contribution in [0.25, 0.3) is 0 Å². The Morgan fingerprint density at radius 1 is 1.19 bits per heavy atom. The molecule has 0 aliphatic carbocycles. The second-order valence-corrected chi connectivity index (χ2v) is 6.99. The van der Waals surface area contributed by atoms with E-state index >= 15 is 0 Å². The Morgan fingerprint density at radius 3 is 2.24 bits per heavy atom. The second-order valence-electron chi connectivity index (χ2n) is 5.23. The van der Waals surface area contributed by atoms with Crippen LogP contribution in [0.2, 0.25) is 0 Å². The van der Waals surface area contributed by atoms with Gasteiger partial charge in [-0.2, -0.15) is 0 Å². The first-order chi connectivity index (χ1) is 9.72. The molecule has 0 aromatic heterocycles. The molecule has 7 heteroatoms. The van der Waals surface area contributed by atoms with E-state index in [0.29, 0.717) is 0 Å². The minimum atomic E-state index is -3.60. The first-order valence-electron chi connectivity index (χ1n) is 6.87. The van der Waals surface area contributed by atoms with E-state index in [0.717, 1.165) is 5.56 Å². The van der Waals surface area contributed by atoms with Crippen LogP contribution in [0.15, 0.2) is 29.2 Å². The lowest BCUT2D eigenvalue weighted by Crippen LogP contribution is -2.34. The fraction of sp³-hybridized carbons (Fsp3) is 0.500. The minimum absolute atomic E-state index is 0.0416. The van der Waals surface area contributed by atoms with Gasteiger partial charge in [-0.05, 0) is 38.5 Å². The highest BCUT2D eigenvalue weighted by atomic mass is 32.2. The van der Waals surface area contributed by atoms with E-state index in [4.69, 9.17) is 5.73 Å². The summed E-state index contributed by atoms with van der Waals surface area (Å²) in [5.74, 6) is -0.181. The molecule has 1 aromatic carbocycles. The fourth-order valence-electron chi connectivity index (χ4n) is 1.73. The Hall–Kier alpha value is -1.44. The molecule has 1 unspecified atom stereocenters. The molecule has 0 aliphatic rings. The zero-order valence-electron chi connectivity index (χ0n) is 12.6. The number of sulfonamides is 1. The van der Waals surface area contributed by atoms with Crippen LogP contribution in [0.3, 0.4) is 0 Å². The molecular formula is C14H23N3O3S. The highest BCUT2D eigenvalue weighted by molar-refractivity contribution is 7.89. The SMILES string of the molecule is CC(C)NC(=O)CCNS(=O)(=O)c1ccc(C(C)N)cc1. The van der Waals surface area contributed by atoms with E-state index in [1.807, 2.05) is 20.8 Å². The van der Waals surface area contributed by atoms with Gasteiger partial charge in [0, 0.05) is 25.0 Å². The maximum absolute atomic E-state index is 12.0. The van der Waals surface area contributed by atoms with Crippen molar-refractivity contribution in [2.75, 3.05) is 6.54 Å². The fourth-order valence-corrected chi connectivity index (χ4v) is 2.76. The van der Waals surface area contributed by atoms with Gasteiger partial charge in [-0.15, -0.1) is 0 Å². The maximum Gasteiger partial charge on any atom is 0.240 e. The third-order valence-electron chi connectivity index (χ3n) is 2.81.